The van der Waals surface area contributed by atoms with Gasteiger partial charge in [-0.05, 0) is 30.9 Å². The summed E-state index contributed by atoms with van der Waals surface area (Å²) in [5.41, 5.74) is 2.23. The van der Waals surface area contributed by atoms with Gasteiger partial charge in [0.15, 0.2) is 5.43 Å². The van der Waals surface area contributed by atoms with Crippen LogP contribution in [0, 0.1) is 0 Å². The molecule has 1 aliphatic rings. The van der Waals surface area contributed by atoms with Crippen LogP contribution in [0.25, 0.3) is 10.9 Å². The molecule has 0 aliphatic heterocycles. The number of aromatic nitrogens is 1. The van der Waals surface area contributed by atoms with Gasteiger partial charge in [-0.15, -0.1) is 0 Å². The molecule has 0 unspecified atom stereocenters. The number of nitrogens with zero attached hydrogens (tertiary/aromatic N) is 1. The summed E-state index contributed by atoms with van der Waals surface area (Å²) in [6.07, 6.45) is 4.56. The average molecular weight is 227 g/mol. The molecule has 2 aromatic rings. The Balaban J connectivity index is 2.38. The molecule has 1 saturated carbocycles. The van der Waals surface area contributed by atoms with Gasteiger partial charge in [-0.3, -0.25) is 4.79 Å². The van der Waals surface area contributed by atoms with Crippen LogP contribution in [0.1, 0.15) is 44.2 Å². The molecule has 1 heterocycles. The van der Waals surface area contributed by atoms with Gasteiger partial charge in [0, 0.05) is 23.2 Å². The highest BCUT2D eigenvalue weighted by Gasteiger charge is 2.25. The Morgan fingerprint density at radius 2 is 1.94 bits per heavy atom. The summed E-state index contributed by atoms with van der Waals surface area (Å²) in [5.74, 6) is 0.289. The van der Waals surface area contributed by atoms with Crippen LogP contribution in [0.2, 0.25) is 0 Å². The fraction of sp³-hybridized carbons (Fsp3) is 0.400. The maximum Gasteiger partial charge on any atom is 0.192 e. The second kappa shape index (κ2) is 3.73. The zero-order valence-electron chi connectivity index (χ0n) is 10.3. The first kappa shape index (κ1) is 10.6. The molecule has 0 N–H and O–H groups in total. The molecule has 88 valence electrons. The highest BCUT2D eigenvalue weighted by Crippen LogP contribution is 2.37. The van der Waals surface area contributed by atoms with Crippen molar-refractivity contribution in [2.45, 2.75) is 38.6 Å². The standard InChI is InChI=1S/C15H17NO/c1-10(2)13-9-16(11-7-8-11)14-6-4-3-5-12(14)15(13)17/h3-6,9-11H,7-8H2,1-2H3. The minimum atomic E-state index is 0.201. The van der Waals surface area contributed by atoms with E-state index < -0.39 is 0 Å². The lowest BCUT2D eigenvalue weighted by atomic mass is 10.0. The van der Waals surface area contributed by atoms with Crippen molar-refractivity contribution in [1.82, 2.24) is 4.57 Å². The molecule has 0 spiro atoms. The Hall–Kier alpha value is -1.57. The fourth-order valence-corrected chi connectivity index (χ4v) is 2.39. The lowest BCUT2D eigenvalue weighted by Crippen LogP contribution is -2.15. The van der Waals surface area contributed by atoms with Gasteiger partial charge in [0.1, 0.15) is 0 Å². The molecule has 3 rings (SSSR count). The molecule has 0 saturated heterocycles. The third-order valence-corrected chi connectivity index (χ3v) is 3.53. The van der Waals surface area contributed by atoms with Gasteiger partial charge in [0.05, 0.1) is 5.52 Å². The number of fused-ring (bicyclic) bond motifs is 1. The lowest BCUT2D eigenvalue weighted by molar-refractivity contribution is 0.740. The third-order valence-electron chi connectivity index (χ3n) is 3.53. The summed E-state index contributed by atoms with van der Waals surface area (Å²) in [6, 6.07) is 8.57. The van der Waals surface area contributed by atoms with E-state index in [1.807, 2.05) is 18.2 Å². The number of para-hydroxylation sites is 1. The number of hydrogen-bond acceptors (Lipinski definition) is 1. The van der Waals surface area contributed by atoms with Crippen molar-refractivity contribution in [3.8, 4) is 0 Å². The van der Waals surface area contributed by atoms with Crippen molar-refractivity contribution >= 4 is 10.9 Å². The molecule has 2 heteroatoms. The lowest BCUT2D eigenvalue weighted by Gasteiger charge is -2.14. The molecule has 1 aliphatic carbocycles. The van der Waals surface area contributed by atoms with Gasteiger partial charge in [0.25, 0.3) is 0 Å². The summed E-state index contributed by atoms with van der Waals surface area (Å²) >= 11 is 0. The highest BCUT2D eigenvalue weighted by atomic mass is 16.1. The van der Waals surface area contributed by atoms with Crippen LogP contribution >= 0.6 is 0 Å². The van der Waals surface area contributed by atoms with Gasteiger partial charge in [-0.25, -0.2) is 0 Å². The van der Waals surface area contributed by atoms with Crippen molar-refractivity contribution < 1.29 is 0 Å². The first-order chi connectivity index (χ1) is 8.18. The van der Waals surface area contributed by atoms with Crippen LogP contribution in [0.3, 0.4) is 0 Å². The Labute approximate surface area is 101 Å². The largest absolute Gasteiger partial charge is 0.344 e. The fourth-order valence-electron chi connectivity index (χ4n) is 2.39. The predicted octanol–water partition coefficient (Wildman–Crippen LogP) is 3.46. The molecule has 0 radical (unpaired) electrons. The quantitative estimate of drug-likeness (QED) is 0.770. The summed E-state index contributed by atoms with van der Waals surface area (Å²) in [4.78, 5) is 12.4. The Kier molecular flexibility index (Phi) is 2.32. The molecule has 2 nitrogen and oxygen atoms in total. The van der Waals surface area contributed by atoms with Crippen molar-refractivity contribution in [3.05, 3.63) is 46.2 Å². The normalized spacial score (nSPS) is 15.7. The Morgan fingerprint density at radius 3 is 2.59 bits per heavy atom. The average Bonchev–Trinajstić information content (AvgIpc) is 3.13. The molecule has 1 aromatic carbocycles. The number of rotatable bonds is 2. The number of pyridine rings is 1. The van der Waals surface area contributed by atoms with Gasteiger partial charge < -0.3 is 4.57 Å². The maximum absolute atomic E-state index is 12.4. The first-order valence-electron chi connectivity index (χ1n) is 6.32. The first-order valence-corrected chi connectivity index (χ1v) is 6.32. The van der Waals surface area contributed by atoms with Crippen molar-refractivity contribution in [2.75, 3.05) is 0 Å². The third kappa shape index (κ3) is 1.68. The van der Waals surface area contributed by atoms with Gasteiger partial charge >= 0.3 is 0 Å². The van der Waals surface area contributed by atoms with Crippen molar-refractivity contribution in [2.24, 2.45) is 0 Å². The van der Waals surface area contributed by atoms with Crippen LogP contribution in [0.5, 0.6) is 0 Å². The summed E-state index contributed by atoms with van der Waals surface area (Å²) in [7, 11) is 0. The van der Waals surface area contributed by atoms with E-state index in [9.17, 15) is 4.79 Å². The van der Waals surface area contributed by atoms with Crippen LogP contribution < -0.4 is 5.43 Å². The van der Waals surface area contributed by atoms with Crippen LogP contribution in [0.4, 0.5) is 0 Å². The maximum atomic E-state index is 12.4. The minimum Gasteiger partial charge on any atom is -0.344 e. The van der Waals surface area contributed by atoms with E-state index >= 15 is 0 Å². The number of benzene rings is 1. The minimum absolute atomic E-state index is 0.201. The Bertz CT molecular complexity index is 620. The molecule has 0 amide bonds. The van der Waals surface area contributed by atoms with Crippen molar-refractivity contribution in [3.63, 3.8) is 0 Å². The molecule has 0 bridgehead atoms. The highest BCUT2D eigenvalue weighted by molar-refractivity contribution is 5.79. The van der Waals surface area contributed by atoms with E-state index in [4.69, 9.17) is 0 Å². The van der Waals surface area contributed by atoms with Crippen molar-refractivity contribution in [1.29, 1.82) is 0 Å². The van der Waals surface area contributed by atoms with E-state index in [0.29, 0.717) is 6.04 Å². The molecular formula is C15H17NO. The molecule has 1 aromatic heterocycles. The zero-order valence-corrected chi connectivity index (χ0v) is 10.3. The number of hydrogen-bond donors (Lipinski definition) is 0. The molecule has 0 atom stereocenters. The van der Waals surface area contributed by atoms with E-state index in [1.54, 1.807) is 0 Å². The van der Waals surface area contributed by atoms with E-state index in [-0.39, 0.29) is 11.3 Å². The van der Waals surface area contributed by atoms with E-state index in [1.165, 1.54) is 12.8 Å². The summed E-state index contributed by atoms with van der Waals surface area (Å²) in [5, 5.41) is 0.866. The van der Waals surface area contributed by atoms with Crippen LogP contribution in [-0.4, -0.2) is 4.57 Å². The van der Waals surface area contributed by atoms with Gasteiger partial charge in [-0.1, -0.05) is 26.0 Å². The second-order valence-corrected chi connectivity index (χ2v) is 5.22. The monoisotopic (exact) mass is 227 g/mol. The van der Waals surface area contributed by atoms with Crippen LogP contribution in [0.15, 0.2) is 35.3 Å². The van der Waals surface area contributed by atoms with E-state index in [2.05, 4.69) is 30.7 Å². The topological polar surface area (TPSA) is 22.0 Å². The SMILES string of the molecule is CC(C)c1cn(C2CC2)c2ccccc2c1=O. The predicted molar refractivity (Wildman–Crippen MR) is 70.6 cm³/mol. The van der Waals surface area contributed by atoms with Gasteiger partial charge in [0.2, 0.25) is 0 Å². The van der Waals surface area contributed by atoms with Gasteiger partial charge in [-0.2, -0.15) is 0 Å². The molecular weight excluding hydrogens is 210 g/mol. The summed E-state index contributed by atoms with van der Waals surface area (Å²) < 4.78 is 2.30. The van der Waals surface area contributed by atoms with Crippen LogP contribution in [-0.2, 0) is 0 Å². The molecule has 17 heavy (non-hydrogen) atoms. The van der Waals surface area contributed by atoms with E-state index in [0.717, 1.165) is 16.5 Å². The molecule has 1 fully saturated rings. The Morgan fingerprint density at radius 1 is 1.24 bits per heavy atom. The summed E-state index contributed by atoms with van der Waals surface area (Å²) in [6.45, 7) is 4.17. The second-order valence-electron chi connectivity index (χ2n) is 5.22. The zero-order chi connectivity index (χ0) is 12.0. The smallest absolute Gasteiger partial charge is 0.192 e.